The number of nitrogens with zero attached hydrogens (tertiary/aromatic N) is 2. The van der Waals surface area contributed by atoms with Crippen molar-refractivity contribution < 1.29 is 9.59 Å². The molecule has 0 bridgehead atoms. The molecular formula is C22H33N3O2. The molecule has 2 amide bonds. The SMILES string of the molecule is CC1CCN(C(=O)C2CCC(C(=O)Nc3ccc(N(C)C)cc3)CC2)CC1. The monoisotopic (exact) mass is 371 g/mol. The molecule has 1 aliphatic heterocycles. The van der Waals surface area contributed by atoms with Gasteiger partial charge in [0, 0.05) is 50.4 Å². The van der Waals surface area contributed by atoms with Gasteiger partial charge in [0.15, 0.2) is 0 Å². The Labute approximate surface area is 163 Å². The molecule has 0 unspecified atom stereocenters. The molecule has 0 aromatic heterocycles. The average Bonchev–Trinajstić information content (AvgIpc) is 2.68. The van der Waals surface area contributed by atoms with Crippen LogP contribution in [0.25, 0.3) is 0 Å². The molecule has 2 fully saturated rings. The average molecular weight is 372 g/mol. The molecule has 1 saturated carbocycles. The Morgan fingerprint density at radius 2 is 1.48 bits per heavy atom. The molecule has 1 heterocycles. The summed E-state index contributed by atoms with van der Waals surface area (Å²) in [5.41, 5.74) is 1.95. The molecule has 5 nitrogen and oxygen atoms in total. The van der Waals surface area contributed by atoms with Gasteiger partial charge in [0.05, 0.1) is 0 Å². The van der Waals surface area contributed by atoms with Crippen LogP contribution in [0.4, 0.5) is 11.4 Å². The molecule has 5 heteroatoms. The van der Waals surface area contributed by atoms with Gasteiger partial charge in [-0.1, -0.05) is 6.92 Å². The lowest BCUT2D eigenvalue weighted by Crippen LogP contribution is -2.42. The fraction of sp³-hybridized carbons (Fsp3) is 0.636. The summed E-state index contributed by atoms with van der Waals surface area (Å²) in [6.45, 7) is 4.08. The zero-order chi connectivity index (χ0) is 19.4. The van der Waals surface area contributed by atoms with Crippen molar-refractivity contribution in [3.05, 3.63) is 24.3 Å². The van der Waals surface area contributed by atoms with E-state index in [-0.39, 0.29) is 17.7 Å². The van der Waals surface area contributed by atoms with Gasteiger partial charge in [0.2, 0.25) is 11.8 Å². The predicted octanol–water partition coefficient (Wildman–Crippen LogP) is 3.76. The highest BCUT2D eigenvalue weighted by atomic mass is 16.2. The standard InChI is InChI=1S/C22H33N3O2/c1-16-12-14-25(15-13-16)22(27)18-6-4-17(5-7-18)21(26)23-19-8-10-20(11-9-19)24(2)3/h8-11,16-18H,4-7,12-15H2,1-3H3,(H,23,26). The Balaban J connectivity index is 1.47. The number of anilines is 2. The number of amides is 2. The van der Waals surface area contributed by atoms with Gasteiger partial charge < -0.3 is 15.1 Å². The van der Waals surface area contributed by atoms with E-state index in [1.54, 1.807) is 0 Å². The molecular weight excluding hydrogens is 338 g/mol. The third-order valence-electron chi connectivity index (χ3n) is 6.19. The summed E-state index contributed by atoms with van der Waals surface area (Å²) in [6.07, 6.45) is 5.53. The molecule has 1 aliphatic carbocycles. The molecule has 0 radical (unpaired) electrons. The first-order chi connectivity index (χ1) is 12.9. The fourth-order valence-electron chi connectivity index (χ4n) is 4.18. The van der Waals surface area contributed by atoms with Crippen LogP contribution in [0.5, 0.6) is 0 Å². The van der Waals surface area contributed by atoms with Crippen LogP contribution in [0.3, 0.4) is 0 Å². The van der Waals surface area contributed by atoms with Gasteiger partial charge in [-0.15, -0.1) is 0 Å². The fourth-order valence-corrected chi connectivity index (χ4v) is 4.18. The lowest BCUT2D eigenvalue weighted by molar-refractivity contribution is -0.139. The van der Waals surface area contributed by atoms with Gasteiger partial charge in [-0.3, -0.25) is 9.59 Å². The summed E-state index contributed by atoms with van der Waals surface area (Å²) in [5.74, 6) is 1.27. The van der Waals surface area contributed by atoms with Crippen molar-refractivity contribution in [1.82, 2.24) is 4.90 Å². The van der Waals surface area contributed by atoms with Gasteiger partial charge in [-0.25, -0.2) is 0 Å². The Morgan fingerprint density at radius 1 is 0.926 bits per heavy atom. The zero-order valence-corrected chi connectivity index (χ0v) is 16.9. The second kappa shape index (κ2) is 8.77. The largest absolute Gasteiger partial charge is 0.378 e. The number of rotatable bonds is 4. The first kappa shape index (κ1) is 19.7. The third-order valence-corrected chi connectivity index (χ3v) is 6.19. The van der Waals surface area contributed by atoms with Crippen LogP contribution in [0.2, 0.25) is 0 Å². The van der Waals surface area contributed by atoms with E-state index in [2.05, 4.69) is 17.1 Å². The second-order valence-corrected chi connectivity index (χ2v) is 8.49. The number of hydrogen-bond donors (Lipinski definition) is 1. The summed E-state index contributed by atoms with van der Waals surface area (Å²) in [5, 5.41) is 3.04. The Morgan fingerprint density at radius 3 is 2.04 bits per heavy atom. The number of carbonyl (C=O) groups is 2. The number of likely N-dealkylation sites (tertiary alicyclic amines) is 1. The van der Waals surface area contributed by atoms with E-state index in [1.807, 2.05) is 43.3 Å². The van der Waals surface area contributed by atoms with Crippen molar-refractivity contribution in [1.29, 1.82) is 0 Å². The van der Waals surface area contributed by atoms with Gasteiger partial charge in [-0.2, -0.15) is 0 Å². The van der Waals surface area contributed by atoms with E-state index in [4.69, 9.17) is 0 Å². The van der Waals surface area contributed by atoms with Crippen LogP contribution in [0.15, 0.2) is 24.3 Å². The van der Waals surface area contributed by atoms with E-state index < -0.39 is 0 Å². The Hall–Kier alpha value is -2.04. The molecule has 0 atom stereocenters. The maximum Gasteiger partial charge on any atom is 0.227 e. The summed E-state index contributed by atoms with van der Waals surface area (Å²) in [4.78, 5) is 29.4. The molecule has 3 rings (SSSR count). The Kier molecular flexibility index (Phi) is 6.40. The molecule has 0 spiro atoms. The van der Waals surface area contributed by atoms with E-state index in [0.717, 1.165) is 68.9 Å². The summed E-state index contributed by atoms with van der Waals surface area (Å²) < 4.78 is 0. The van der Waals surface area contributed by atoms with Gasteiger partial charge in [-0.05, 0) is 68.7 Å². The molecule has 2 aliphatic rings. The van der Waals surface area contributed by atoms with Crippen molar-refractivity contribution in [3.63, 3.8) is 0 Å². The topological polar surface area (TPSA) is 52.7 Å². The number of carbonyl (C=O) groups excluding carboxylic acids is 2. The highest BCUT2D eigenvalue weighted by molar-refractivity contribution is 5.93. The van der Waals surface area contributed by atoms with Gasteiger partial charge in [0.25, 0.3) is 0 Å². The molecule has 1 N–H and O–H groups in total. The molecule has 27 heavy (non-hydrogen) atoms. The van der Waals surface area contributed by atoms with Crippen LogP contribution in [0, 0.1) is 17.8 Å². The number of benzene rings is 1. The number of hydrogen-bond acceptors (Lipinski definition) is 3. The van der Waals surface area contributed by atoms with Crippen molar-refractivity contribution in [2.24, 2.45) is 17.8 Å². The lowest BCUT2D eigenvalue weighted by atomic mass is 9.80. The highest BCUT2D eigenvalue weighted by Crippen LogP contribution is 2.32. The van der Waals surface area contributed by atoms with Crippen molar-refractivity contribution in [2.45, 2.75) is 45.4 Å². The smallest absolute Gasteiger partial charge is 0.227 e. The summed E-state index contributed by atoms with van der Waals surface area (Å²) in [6, 6.07) is 7.90. The van der Waals surface area contributed by atoms with E-state index in [1.165, 1.54) is 0 Å². The highest BCUT2D eigenvalue weighted by Gasteiger charge is 2.33. The maximum absolute atomic E-state index is 12.7. The van der Waals surface area contributed by atoms with Crippen LogP contribution < -0.4 is 10.2 Å². The van der Waals surface area contributed by atoms with Crippen LogP contribution in [-0.2, 0) is 9.59 Å². The normalized spacial score (nSPS) is 23.7. The molecule has 1 aromatic rings. The summed E-state index contributed by atoms with van der Waals surface area (Å²) >= 11 is 0. The second-order valence-electron chi connectivity index (χ2n) is 8.49. The van der Waals surface area contributed by atoms with Crippen molar-refractivity contribution in [2.75, 3.05) is 37.4 Å². The van der Waals surface area contributed by atoms with Crippen molar-refractivity contribution >= 4 is 23.2 Å². The number of nitrogens with one attached hydrogen (secondary N) is 1. The molecule has 1 aromatic carbocycles. The first-order valence-corrected chi connectivity index (χ1v) is 10.3. The quantitative estimate of drug-likeness (QED) is 0.877. The van der Waals surface area contributed by atoms with Crippen LogP contribution in [0.1, 0.15) is 45.4 Å². The first-order valence-electron chi connectivity index (χ1n) is 10.3. The maximum atomic E-state index is 12.7. The van der Waals surface area contributed by atoms with Gasteiger partial charge in [0.1, 0.15) is 0 Å². The Bertz CT molecular complexity index is 640. The zero-order valence-electron chi connectivity index (χ0n) is 16.9. The van der Waals surface area contributed by atoms with Crippen LogP contribution >= 0.6 is 0 Å². The minimum atomic E-state index is 0.0175. The minimum Gasteiger partial charge on any atom is -0.378 e. The van der Waals surface area contributed by atoms with E-state index in [0.29, 0.717) is 5.91 Å². The van der Waals surface area contributed by atoms with Crippen molar-refractivity contribution in [3.8, 4) is 0 Å². The van der Waals surface area contributed by atoms with Crippen LogP contribution in [-0.4, -0.2) is 43.9 Å². The third kappa shape index (κ3) is 5.02. The predicted molar refractivity (Wildman–Crippen MR) is 110 cm³/mol. The minimum absolute atomic E-state index is 0.0175. The number of piperidine rings is 1. The molecule has 1 saturated heterocycles. The van der Waals surface area contributed by atoms with E-state index in [9.17, 15) is 9.59 Å². The van der Waals surface area contributed by atoms with Gasteiger partial charge >= 0.3 is 0 Å². The van der Waals surface area contributed by atoms with E-state index >= 15 is 0 Å². The molecule has 148 valence electrons. The lowest BCUT2D eigenvalue weighted by Gasteiger charge is -2.35. The summed E-state index contributed by atoms with van der Waals surface area (Å²) in [7, 11) is 4.00.